The van der Waals surface area contributed by atoms with Crippen LogP contribution in [0.3, 0.4) is 0 Å². The molecule has 2 aliphatic rings. The van der Waals surface area contributed by atoms with Crippen molar-refractivity contribution in [1.82, 2.24) is 5.32 Å². The smallest absolute Gasteiger partial charge is 0.255 e. The second-order valence-corrected chi connectivity index (χ2v) is 5.57. The molecule has 20 heavy (non-hydrogen) atoms. The second-order valence-electron chi connectivity index (χ2n) is 5.57. The van der Waals surface area contributed by atoms with E-state index in [1.807, 2.05) is 19.1 Å². The third-order valence-corrected chi connectivity index (χ3v) is 4.34. The molecule has 0 aromatic heterocycles. The molecule has 0 spiro atoms. The number of rotatable bonds is 3. The standard InChI is InChI=1S/C15H20N2O3/c1-8-3-4-11(19-2)10(7-8)15(18)17-13-12(16)9-5-6-20-14(9)13/h3-4,7,9,12-14H,5-6,16H2,1-2H3,(H,17,18). The SMILES string of the molecule is COc1ccc(C)cc1C(=O)NC1C(N)C2CCOC21. The minimum atomic E-state index is -0.153. The average Bonchev–Trinajstić information content (AvgIpc) is 2.89. The zero-order valence-corrected chi connectivity index (χ0v) is 11.8. The molecule has 3 rings (SSSR count). The normalized spacial score (nSPS) is 31.4. The number of benzene rings is 1. The van der Waals surface area contributed by atoms with Crippen LogP contribution >= 0.6 is 0 Å². The molecule has 4 atom stereocenters. The van der Waals surface area contributed by atoms with E-state index < -0.39 is 0 Å². The lowest BCUT2D eigenvalue weighted by molar-refractivity contribution is -0.0161. The summed E-state index contributed by atoms with van der Waals surface area (Å²) in [6, 6.07) is 5.44. The van der Waals surface area contributed by atoms with Crippen molar-refractivity contribution in [1.29, 1.82) is 0 Å². The van der Waals surface area contributed by atoms with Crippen LogP contribution in [0.15, 0.2) is 18.2 Å². The fourth-order valence-electron chi connectivity index (χ4n) is 3.16. The summed E-state index contributed by atoms with van der Waals surface area (Å²) >= 11 is 0. The molecular weight excluding hydrogens is 256 g/mol. The minimum absolute atomic E-state index is 0.0118. The Morgan fingerprint density at radius 3 is 3.05 bits per heavy atom. The topological polar surface area (TPSA) is 73.6 Å². The van der Waals surface area contributed by atoms with Gasteiger partial charge in [0, 0.05) is 18.6 Å². The number of methoxy groups -OCH3 is 1. The summed E-state index contributed by atoms with van der Waals surface area (Å²) in [4.78, 5) is 12.4. The van der Waals surface area contributed by atoms with Gasteiger partial charge in [-0.1, -0.05) is 11.6 Å². The third-order valence-electron chi connectivity index (χ3n) is 4.34. The number of hydrogen-bond donors (Lipinski definition) is 2. The van der Waals surface area contributed by atoms with Gasteiger partial charge in [-0.25, -0.2) is 0 Å². The maximum absolute atomic E-state index is 12.4. The van der Waals surface area contributed by atoms with Gasteiger partial charge in [-0.05, 0) is 25.5 Å². The van der Waals surface area contributed by atoms with Gasteiger partial charge in [0.1, 0.15) is 5.75 Å². The summed E-state index contributed by atoms with van der Waals surface area (Å²) in [6.07, 6.45) is 1.07. The van der Waals surface area contributed by atoms with Crippen LogP contribution in [0.25, 0.3) is 0 Å². The molecule has 4 unspecified atom stereocenters. The Bertz CT molecular complexity index is 532. The molecule has 1 saturated carbocycles. The highest BCUT2D eigenvalue weighted by molar-refractivity contribution is 5.97. The molecule has 1 aromatic carbocycles. The van der Waals surface area contributed by atoms with Crippen molar-refractivity contribution >= 4 is 5.91 Å². The first kappa shape index (κ1) is 13.4. The van der Waals surface area contributed by atoms with Crippen molar-refractivity contribution < 1.29 is 14.3 Å². The lowest BCUT2D eigenvalue weighted by Crippen LogP contribution is -2.68. The number of nitrogens with two attached hydrogens (primary N) is 1. The molecule has 1 amide bonds. The van der Waals surface area contributed by atoms with Gasteiger partial charge in [-0.3, -0.25) is 4.79 Å². The van der Waals surface area contributed by atoms with Gasteiger partial charge in [0.05, 0.1) is 24.8 Å². The van der Waals surface area contributed by atoms with E-state index in [9.17, 15) is 4.79 Å². The largest absolute Gasteiger partial charge is 0.496 e. The van der Waals surface area contributed by atoms with E-state index in [0.29, 0.717) is 17.2 Å². The zero-order chi connectivity index (χ0) is 14.3. The summed E-state index contributed by atoms with van der Waals surface area (Å²) in [6.45, 7) is 2.69. The Morgan fingerprint density at radius 2 is 2.30 bits per heavy atom. The number of nitrogens with one attached hydrogen (secondary N) is 1. The Balaban J connectivity index is 1.75. The van der Waals surface area contributed by atoms with E-state index in [2.05, 4.69) is 5.32 Å². The Morgan fingerprint density at radius 1 is 1.50 bits per heavy atom. The van der Waals surface area contributed by atoms with Gasteiger partial charge >= 0.3 is 0 Å². The Kier molecular flexibility index (Phi) is 3.40. The summed E-state index contributed by atoms with van der Waals surface area (Å²) in [7, 11) is 1.56. The fraction of sp³-hybridized carbons (Fsp3) is 0.533. The molecule has 1 heterocycles. The predicted molar refractivity (Wildman–Crippen MR) is 74.8 cm³/mol. The summed E-state index contributed by atoms with van der Waals surface area (Å²) in [5, 5.41) is 2.99. The lowest BCUT2D eigenvalue weighted by Gasteiger charge is -2.45. The molecule has 0 radical (unpaired) electrons. The maximum Gasteiger partial charge on any atom is 0.255 e. The molecule has 108 valence electrons. The number of fused-ring (bicyclic) bond motifs is 1. The van der Waals surface area contributed by atoms with E-state index in [1.165, 1.54) is 0 Å². The van der Waals surface area contributed by atoms with Crippen LogP contribution in [0.1, 0.15) is 22.3 Å². The van der Waals surface area contributed by atoms with Crippen LogP contribution in [0.4, 0.5) is 0 Å². The van der Waals surface area contributed by atoms with Crippen molar-refractivity contribution in [3.8, 4) is 5.75 Å². The lowest BCUT2D eigenvalue weighted by atomic mass is 9.72. The van der Waals surface area contributed by atoms with Crippen molar-refractivity contribution in [2.24, 2.45) is 11.7 Å². The van der Waals surface area contributed by atoms with Crippen molar-refractivity contribution in [2.45, 2.75) is 31.5 Å². The van der Waals surface area contributed by atoms with Gasteiger partial charge in [-0.15, -0.1) is 0 Å². The second kappa shape index (κ2) is 5.07. The Labute approximate surface area is 118 Å². The van der Waals surface area contributed by atoms with Crippen LogP contribution < -0.4 is 15.8 Å². The predicted octanol–water partition coefficient (Wildman–Crippen LogP) is 0.848. The van der Waals surface area contributed by atoms with E-state index in [1.54, 1.807) is 13.2 Å². The number of carbonyl (C=O) groups is 1. The van der Waals surface area contributed by atoms with E-state index in [4.69, 9.17) is 15.2 Å². The third kappa shape index (κ3) is 2.07. The molecule has 2 fully saturated rings. The minimum Gasteiger partial charge on any atom is -0.496 e. The number of hydrogen-bond acceptors (Lipinski definition) is 4. The zero-order valence-electron chi connectivity index (χ0n) is 11.8. The highest BCUT2D eigenvalue weighted by atomic mass is 16.5. The van der Waals surface area contributed by atoms with Crippen molar-refractivity contribution in [2.75, 3.05) is 13.7 Å². The Hall–Kier alpha value is -1.59. The van der Waals surface area contributed by atoms with Crippen molar-refractivity contribution in [3.63, 3.8) is 0 Å². The number of amides is 1. The monoisotopic (exact) mass is 276 g/mol. The summed E-state index contributed by atoms with van der Waals surface area (Å²) in [5.74, 6) is 0.810. The molecule has 5 nitrogen and oxygen atoms in total. The average molecular weight is 276 g/mol. The summed E-state index contributed by atoms with van der Waals surface area (Å²) in [5.41, 5.74) is 7.67. The summed E-state index contributed by atoms with van der Waals surface area (Å²) < 4.78 is 10.9. The number of ether oxygens (including phenoxy) is 2. The molecule has 1 aliphatic heterocycles. The van der Waals surface area contributed by atoms with Crippen molar-refractivity contribution in [3.05, 3.63) is 29.3 Å². The molecule has 1 aromatic rings. The van der Waals surface area contributed by atoms with Gasteiger partial charge in [0.15, 0.2) is 0 Å². The molecular formula is C15H20N2O3. The molecule has 1 saturated heterocycles. The van der Waals surface area contributed by atoms with Crippen LogP contribution in [-0.4, -0.2) is 37.8 Å². The molecule has 5 heteroatoms. The van der Waals surface area contributed by atoms with Crippen LogP contribution in [0.5, 0.6) is 5.75 Å². The first-order chi connectivity index (χ1) is 9.61. The number of carbonyl (C=O) groups excluding carboxylic acids is 1. The van der Waals surface area contributed by atoms with E-state index in [0.717, 1.165) is 18.6 Å². The van der Waals surface area contributed by atoms with Crippen LogP contribution in [0.2, 0.25) is 0 Å². The van der Waals surface area contributed by atoms with Gasteiger partial charge in [0.2, 0.25) is 0 Å². The highest BCUT2D eigenvalue weighted by Gasteiger charge is 2.52. The quantitative estimate of drug-likeness (QED) is 0.858. The first-order valence-electron chi connectivity index (χ1n) is 6.94. The number of aryl methyl sites for hydroxylation is 1. The molecule has 3 N–H and O–H groups in total. The van der Waals surface area contributed by atoms with E-state index >= 15 is 0 Å². The maximum atomic E-state index is 12.4. The van der Waals surface area contributed by atoms with Gasteiger partial charge < -0.3 is 20.5 Å². The van der Waals surface area contributed by atoms with Crippen LogP contribution in [0, 0.1) is 12.8 Å². The molecule has 0 bridgehead atoms. The van der Waals surface area contributed by atoms with E-state index in [-0.39, 0.29) is 24.1 Å². The van der Waals surface area contributed by atoms with Crippen LogP contribution in [-0.2, 0) is 4.74 Å². The van der Waals surface area contributed by atoms with Gasteiger partial charge in [0.25, 0.3) is 5.91 Å². The molecule has 1 aliphatic carbocycles. The van der Waals surface area contributed by atoms with Gasteiger partial charge in [-0.2, -0.15) is 0 Å². The first-order valence-corrected chi connectivity index (χ1v) is 6.94. The fourth-order valence-corrected chi connectivity index (χ4v) is 3.16. The highest BCUT2D eigenvalue weighted by Crippen LogP contribution is 2.38.